The van der Waals surface area contributed by atoms with Gasteiger partial charge < -0.3 is 4.74 Å². The highest BCUT2D eigenvalue weighted by Gasteiger charge is 2.12. The van der Waals surface area contributed by atoms with Gasteiger partial charge in [0.15, 0.2) is 0 Å². The molecule has 20 heavy (non-hydrogen) atoms. The van der Waals surface area contributed by atoms with E-state index in [-0.39, 0.29) is 0 Å². The predicted octanol–water partition coefficient (Wildman–Crippen LogP) is 4.90. The molecular formula is C18H22OS. The van der Waals surface area contributed by atoms with E-state index in [2.05, 4.69) is 68.9 Å². The zero-order chi connectivity index (χ0) is 14.4. The van der Waals surface area contributed by atoms with E-state index in [9.17, 15) is 0 Å². The molecule has 0 aliphatic rings. The molecule has 0 radical (unpaired) electrons. The summed E-state index contributed by atoms with van der Waals surface area (Å²) in [5, 5.41) is 0. The summed E-state index contributed by atoms with van der Waals surface area (Å²) in [6, 6.07) is 18.7. The molecule has 0 N–H and O–H groups in total. The number of rotatable bonds is 6. The lowest BCUT2D eigenvalue weighted by molar-refractivity contribution is 0.294. The van der Waals surface area contributed by atoms with Gasteiger partial charge in [0.05, 0.1) is 6.61 Å². The van der Waals surface area contributed by atoms with E-state index in [0.29, 0.717) is 18.4 Å². The summed E-state index contributed by atoms with van der Waals surface area (Å²) < 4.78 is 6.06. The van der Waals surface area contributed by atoms with Crippen LogP contribution in [0.1, 0.15) is 36.8 Å². The minimum absolute atomic E-state index is 0.319. The highest BCUT2D eigenvalue weighted by Crippen LogP contribution is 2.27. The van der Waals surface area contributed by atoms with Crippen LogP contribution in [0.3, 0.4) is 0 Å². The molecule has 0 bridgehead atoms. The van der Waals surface area contributed by atoms with Crippen LogP contribution in [0.4, 0.5) is 0 Å². The molecule has 1 unspecified atom stereocenters. The highest BCUT2D eigenvalue weighted by atomic mass is 32.1. The molecule has 106 valence electrons. The van der Waals surface area contributed by atoms with E-state index in [1.807, 2.05) is 12.1 Å². The van der Waals surface area contributed by atoms with Gasteiger partial charge in [-0.2, -0.15) is 12.6 Å². The van der Waals surface area contributed by atoms with Gasteiger partial charge in [-0.15, -0.1) is 0 Å². The van der Waals surface area contributed by atoms with Gasteiger partial charge in [-0.3, -0.25) is 0 Å². The molecule has 1 nitrogen and oxygen atoms in total. The van der Waals surface area contributed by atoms with Crippen molar-refractivity contribution in [2.45, 2.75) is 25.7 Å². The van der Waals surface area contributed by atoms with Crippen LogP contribution in [-0.4, -0.2) is 12.4 Å². The van der Waals surface area contributed by atoms with Crippen molar-refractivity contribution < 1.29 is 4.74 Å². The summed E-state index contributed by atoms with van der Waals surface area (Å²) in [5.74, 6) is 2.57. The van der Waals surface area contributed by atoms with Gasteiger partial charge >= 0.3 is 0 Å². The van der Waals surface area contributed by atoms with Crippen LogP contribution in [0.25, 0.3) is 0 Å². The van der Waals surface area contributed by atoms with Crippen molar-refractivity contribution in [3.8, 4) is 5.75 Å². The molecule has 0 aliphatic heterocycles. The van der Waals surface area contributed by atoms with Gasteiger partial charge in [-0.25, -0.2) is 0 Å². The van der Waals surface area contributed by atoms with Gasteiger partial charge in [-0.05, 0) is 23.1 Å². The van der Waals surface area contributed by atoms with Gasteiger partial charge in [0.25, 0.3) is 0 Å². The third kappa shape index (κ3) is 3.80. The molecule has 0 saturated carbocycles. The van der Waals surface area contributed by atoms with E-state index in [4.69, 9.17) is 4.74 Å². The maximum absolute atomic E-state index is 6.06. The molecule has 0 spiro atoms. The lowest BCUT2D eigenvalue weighted by Crippen LogP contribution is -2.13. The quantitative estimate of drug-likeness (QED) is 0.743. The molecule has 0 amide bonds. The average molecular weight is 286 g/mol. The summed E-state index contributed by atoms with van der Waals surface area (Å²) in [7, 11) is 0. The number of hydrogen-bond acceptors (Lipinski definition) is 2. The van der Waals surface area contributed by atoms with Crippen LogP contribution in [-0.2, 0) is 0 Å². The lowest BCUT2D eigenvalue weighted by atomic mass is 10.0. The van der Waals surface area contributed by atoms with Crippen molar-refractivity contribution in [2.24, 2.45) is 0 Å². The Balaban J connectivity index is 2.08. The number of ether oxygens (including phenoxy) is 1. The SMILES string of the molecule is CC(C)c1ccccc1OCC(CS)c1ccccc1. The summed E-state index contributed by atoms with van der Waals surface area (Å²) >= 11 is 4.46. The van der Waals surface area contributed by atoms with E-state index < -0.39 is 0 Å². The number of benzene rings is 2. The van der Waals surface area contributed by atoms with Crippen molar-refractivity contribution in [2.75, 3.05) is 12.4 Å². The largest absolute Gasteiger partial charge is 0.493 e. The molecular weight excluding hydrogens is 264 g/mol. The monoisotopic (exact) mass is 286 g/mol. The fourth-order valence-corrected chi connectivity index (χ4v) is 2.58. The van der Waals surface area contributed by atoms with Crippen LogP contribution >= 0.6 is 12.6 Å². The van der Waals surface area contributed by atoms with Crippen LogP contribution < -0.4 is 4.74 Å². The van der Waals surface area contributed by atoms with E-state index >= 15 is 0 Å². The number of thiol groups is 1. The molecule has 0 saturated heterocycles. The van der Waals surface area contributed by atoms with Gasteiger partial charge in [-0.1, -0.05) is 62.4 Å². The molecule has 2 aromatic rings. The van der Waals surface area contributed by atoms with Gasteiger partial charge in [0.1, 0.15) is 5.75 Å². The highest BCUT2D eigenvalue weighted by molar-refractivity contribution is 7.80. The van der Waals surface area contributed by atoms with Crippen LogP contribution in [0.2, 0.25) is 0 Å². The normalized spacial score (nSPS) is 12.4. The smallest absolute Gasteiger partial charge is 0.122 e. The van der Waals surface area contributed by atoms with Crippen molar-refractivity contribution in [1.29, 1.82) is 0 Å². The molecule has 0 aromatic heterocycles. The second-order valence-electron chi connectivity index (χ2n) is 5.29. The summed E-state index contributed by atoms with van der Waals surface area (Å²) in [6.45, 7) is 5.04. The van der Waals surface area contributed by atoms with Crippen LogP contribution in [0.15, 0.2) is 54.6 Å². The minimum Gasteiger partial charge on any atom is -0.493 e. The summed E-state index contributed by atoms with van der Waals surface area (Å²) in [6.07, 6.45) is 0. The maximum atomic E-state index is 6.06. The van der Waals surface area contributed by atoms with Crippen molar-refractivity contribution in [3.05, 3.63) is 65.7 Å². The molecule has 2 rings (SSSR count). The summed E-state index contributed by atoms with van der Waals surface area (Å²) in [5.41, 5.74) is 2.54. The lowest BCUT2D eigenvalue weighted by Gasteiger charge is -2.19. The first kappa shape index (κ1) is 15.0. The Morgan fingerprint density at radius 3 is 2.25 bits per heavy atom. The van der Waals surface area contributed by atoms with Crippen molar-refractivity contribution >= 4 is 12.6 Å². The molecule has 1 atom stereocenters. The Hall–Kier alpha value is -1.41. The fraction of sp³-hybridized carbons (Fsp3) is 0.333. The number of para-hydroxylation sites is 1. The Labute approximate surface area is 127 Å². The zero-order valence-corrected chi connectivity index (χ0v) is 13.0. The maximum Gasteiger partial charge on any atom is 0.122 e. The second kappa shape index (κ2) is 7.39. The fourth-order valence-electron chi connectivity index (χ4n) is 2.26. The molecule has 0 aliphatic carbocycles. The first-order chi connectivity index (χ1) is 9.72. The third-order valence-electron chi connectivity index (χ3n) is 3.47. The predicted molar refractivity (Wildman–Crippen MR) is 89.1 cm³/mol. The molecule has 2 aromatic carbocycles. The van der Waals surface area contributed by atoms with E-state index in [0.717, 1.165) is 11.5 Å². The standard InChI is InChI=1S/C18H22OS/c1-14(2)17-10-6-7-11-18(17)19-12-16(13-20)15-8-4-3-5-9-15/h3-11,14,16,20H,12-13H2,1-2H3. The van der Waals surface area contributed by atoms with Crippen LogP contribution in [0, 0.1) is 0 Å². The first-order valence-electron chi connectivity index (χ1n) is 7.10. The summed E-state index contributed by atoms with van der Waals surface area (Å²) in [4.78, 5) is 0. The average Bonchev–Trinajstić information content (AvgIpc) is 2.49. The van der Waals surface area contributed by atoms with E-state index in [1.165, 1.54) is 11.1 Å². The molecule has 0 heterocycles. The Morgan fingerprint density at radius 2 is 1.60 bits per heavy atom. The molecule has 2 heteroatoms. The van der Waals surface area contributed by atoms with Gasteiger partial charge in [0.2, 0.25) is 0 Å². The Kier molecular flexibility index (Phi) is 5.54. The topological polar surface area (TPSA) is 9.23 Å². The first-order valence-corrected chi connectivity index (χ1v) is 7.73. The third-order valence-corrected chi connectivity index (χ3v) is 3.91. The van der Waals surface area contributed by atoms with Gasteiger partial charge in [0, 0.05) is 11.7 Å². The van der Waals surface area contributed by atoms with Crippen LogP contribution in [0.5, 0.6) is 5.75 Å². The second-order valence-corrected chi connectivity index (χ2v) is 5.66. The Bertz CT molecular complexity index is 522. The zero-order valence-electron chi connectivity index (χ0n) is 12.1. The van der Waals surface area contributed by atoms with E-state index in [1.54, 1.807) is 0 Å². The minimum atomic E-state index is 0.319. The van der Waals surface area contributed by atoms with Crippen molar-refractivity contribution in [3.63, 3.8) is 0 Å². The van der Waals surface area contributed by atoms with Crippen molar-refractivity contribution in [1.82, 2.24) is 0 Å². The number of hydrogen-bond donors (Lipinski definition) is 1. The molecule has 0 fully saturated rings. The Morgan fingerprint density at radius 1 is 0.950 bits per heavy atom.